The van der Waals surface area contributed by atoms with Crippen molar-refractivity contribution in [3.05, 3.63) is 30.3 Å². The van der Waals surface area contributed by atoms with Crippen molar-refractivity contribution in [1.82, 2.24) is 0 Å². The predicted octanol–water partition coefficient (Wildman–Crippen LogP) is 2.29. The van der Waals surface area contributed by atoms with Gasteiger partial charge in [0.15, 0.2) is 0 Å². The van der Waals surface area contributed by atoms with Gasteiger partial charge in [0.2, 0.25) is 5.91 Å². The lowest BCUT2D eigenvalue weighted by Crippen LogP contribution is -2.29. The molecule has 1 aliphatic carbocycles. The lowest BCUT2D eigenvalue weighted by atomic mass is 10.2. The highest BCUT2D eigenvalue weighted by atomic mass is 79.9. The van der Waals surface area contributed by atoms with Crippen LogP contribution in [0.1, 0.15) is 0 Å². The number of piperidine rings is 1. The number of benzene rings is 1. The van der Waals surface area contributed by atoms with E-state index in [1.165, 1.54) is 0 Å². The molecule has 3 rings (SSSR count). The van der Waals surface area contributed by atoms with E-state index in [-0.39, 0.29) is 0 Å². The predicted molar refractivity (Wildman–Crippen MR) is 63.1 cm³/mol. The maximum atomic E-state index is 12.0. The Morgan fingerprint density at radius 2 is 2.07 bits per heavy atom. The van der Waals surface area contributed by atoms with Crippen molar-refractivity contribution in [1.29, 1.82) is 0 Å². The third kappa shape index (κ3) is 1.33. The number of anilines is 1. The van der Waals surface area contributed by atoms with Gasteiger partial charge in [-0.25, -0.2) is 0 Å². The van der Waals surface area contributed by atoms with E-state index in [4.69, 9.17) is 0 Å². The van der Waals surface area contributed by atoms with Gasteiger partial charge in [0, 0.05) is 23.5 Å². The van der Waals surface area contributed by atoms with Crippen molar-refractivity contribution in [3.8, 4) is 0 Å². The van der Waals surface area contributed by atoms with Gasteiger partial charge < -0.3 is 4.90 Å². The highest BCUT2D eigenvalue weighted by Crippen LogP contribution is 2.53. The van der Waals surface area contributed by atoms with E-state index in [9.17, 15) is 4.79 Å². The smallest absolute Gasteiger partial charge is 0.230 e. The van der Waals surface area contributed by atoms with Crippen LogP contribution in [-0.4, -0.2) is 17.8 Å². The molecule has 0 N–H and O–H groups in total. The summed E-state index contributed by atoms with van der Waals surface area (Å²) in [6.45, 7) is 0.907. The van der Waals surface area contributed by atoms with Gasteiger partial charge >= 0.3 is 0 Å². The molecule has 1 saturated heterocycles. The van der Waals surface area contributed by atoms with Crippen molar-refractivity contribution < 1.29 is 4.79 Å². The Kier molecular flexibility index (Phi) is 2.09. The van der Waals surface area contributed by atoms with E-state index >= 15 is 0 Å². The quantitative estimate of drug-likeness (QED) is 0.752. The molecule has 15 heavy (non-hydrogen) atoms. The van der Waals surface area contributed by atoms with Crippen LogP contribution in [0.2, 0.25) is 0 Å². The number of alkyl halides is 1. The van der Waals surface area contributed by atoms with Crippen LogP contribution in [0.5, 0.6) is 0 Å². The zero-order valence-corrected chi connectivity index (χ0v) is 9.85. The molecule has 1 amide bonds. The Labute approximate surface area is 97.4 Å². The lowest BCUT2D eigenvalue weighted by molar-refractivity contribution is -0.119. The average Bonchev–Trinajstić information content (AvgIpc) is 2.89. The van der Waals surface area contributed by atoms with E-state index in [0.29, 0.717) is 23.7 Å². The second kappa shape index (κ2) is 3.34. The number of para-hydroxylation sites is 1. The first-order valence-electron chi connectivity index (χ1n) is 5.25. The van der Waals surface area contributed by atoms with Crippen LogP contribution in [0.15, 0.2) is 30.3 Å². The molecule has 2 aliphatic rings. The molecule has 0 spiro atoms. The molecule has 1 saturated carbocycles. The van der Waals surface area contributed by atoms with Gasteiger partial charge in [0.25, 0.3) is 0 Å². The minimum Gasteiger partial charge on any atom is -0.312 e. The van der Waals surface area contributed by atoms with Gasteiger partial charge in [-0.05, 0) is 24.0 Å². The molecule has 0 radical (unpaired) electrons. The summed E-state index contributed by atoms with van der Waals surface area (Å²) in [4.78, 5) is 13.9. The largest absolute Gasteiger partial charge is 0.312 e. The summed E-state index contributed by atoms with van der Waals surface area (Å²) in [5, 5.41) is 0.969. The summed E-state index contributed by atoms with van der Waals surface area (Å²) in [6.07, 6.45) is 0. The van der Waals surface area contributed by atoms with E-state index < -0.39 is 0 Å². The van der Waals surface area contributed by atoms with Gasteiger partial charge in [-0.3, -0.25) is 4.79 Å². The molecule has 0 unspecified atom stereocenters. The molecule has 2 fully saturated rings. The van der Waals surface area contributed by atoms with Crippen molar-refractivity contribution in [2.24, 2.45) is 17.8 Å². The standard InChI is InChI=1S/C12H12BrNO/c13-6-9-10-7-14(12(15)11(9)10)8-4-2-1-3-5-8/h1-5,9-11H,6-7H2/t9-,10+,11+/m0/s1. The molecule has 1 heterocycles. The SMILES string of the molecule is O=C1[C@H]2[C@H](CN1c1ccccc1)[C@@H]2CBr. The number of hydrogen-bond acceptors (Lipinski definition) is 1. The molecule has 1 aromatic carbocycles. The van der Waals surface area contributed by atoms with E-state index in [0.717, 1.165) is 17.6 Å². The lowest BCUT2D eigenvalue weighted by Gasteiger charge is -2.19. The third-order valence-electron chi connectivity index (χ3n) is 3.52. The zero-order valence-electron chi connectivity index (χ0n) is 8.27. The van der Waals surface area contributed by atoms with Crippen molar-refractivity contribution in [2.75, 3.05) is 16.8 Å². The molecule has 3 atom stereocenters. The van der Waals surface area contributed by atoms with Gasteiger partial charge in [0.1, 0.15) is 0 Å². The van der Waals surface area contributed by atoms with Crippen LogP contribution < -0.4 is 4.90 Å². The molecule has 78 valence electrons. The first-order valence-corrected chi connectivity index (χ1v) is 6.37. The summed E-state index contributed by atoms with van der Waals surface area (Å²) in [5.74, 6) is 1.80. The van der Waals surface area contributed by atoms with Crippen LogP contribution in [0.3, 0.4) is 0 Å². The molecule has 1 aromatic rings. The molecule has 0 bridgehead atoms. The second-order valence-corrected chi connectivity index (χ2v) is 4.94. The van der Waals surface area contributed by atoms with Crippen molar-refractivity contribution in [3.63, 3.8) is 0 Å². The van der Waals surface area contributed by atoms with Crippen LogP contribution >= 0.6 is 15.9 Å². The number of nitrogens with zero attached hydrogens (tertiary/aromatic N) is 1. The summed E-state index contributed by atoms with van der Waals surface area (Å²) in [6, 6.07) is 9.95. The molecule has 2 nitrogen and oxygen atoms in total. The minimum absolute atomic E-state index is 0.296. The van der Waals surface area contributed by atoms with Gasteiger partial charge in [-0.1, -0.05) is 34.1 Å². The maximum Gasteiger partial charge on any atom is 0.230 e. The maximum absolute atomic E-state index is 12.0. The monoisotopic (exact) mass is 265 g/mol. The van der Waals surface area contributed by atoms with Crippen LogP contribution in [0, 0.1) is 17.8 Å². The first-order chi connectivity index (χ1) is 7.33. The number of rotatable bonds is 2. The fourth-order valence-electron chi connectivity index (χ4n) is 2.59. The van der Waals surface area contributed by atoms with Gasteiger partial charge in [-0.15, -0.1) is 0 Å². The van der Waals surface area contributed by atoms with E-state index in [2.05, 4.69) is 15.9 Å². The number of fused-ring (bicyclic) bond motifs is 1. The Bertz CT molecular complexity index is 392. The summed E-state index contributed by atoms with van der Waals surface area (Å²) < 4.78 is 0. The van der Waals surface area contributed by atoms with Crippen molar-refractivity contribution in [2.45, 2.75) is 0 Å². The third-order valence-corrected chi connectivity index (χ3v) is 4.27. The topological polar surface area (TPSA) is 20.3 Å². The number of carbonyl (C=O) groups is 1. The van der Waals surface area contributed by atoms with Crippen LogP contribution in [0.4, 0.5) is 5.69 Å². The fourth-order valence-corrected chi connectivity index (χ4v) is 3.47. The van der Waals surface area contributed by atoms with E-state index in [1.807, 2.05) is 35.2 Å². The summed E-state index contributed by atoms with van der Waals surface area (Å²) >= 11 is 3.46. The Morgan fingerprint density at radius 3 is 2.60 bits per heavy atom. The van der Waals surface area contributed by atoms with Crippen LogP contribution in [0.25, 0.3) is 0 Å². The summed E-state index contributed by atoms with van der Waals surface area (Å²) in [7, 11) is 0. The average molecular weight is 266 g/mol. The molecular formula is C12H12BrNO. The number of halogens is 1. The molecule has 3 heteroatoms. The molecular weight excluding hydrogens is 254 g/mol. The Morgan fingerprint density at radius 1 is 1.33 bits per heavy atom. The highest BCUT2D eigenvalue weighted by Gasteiger charge is 2.60. The second-order valence-electron chi connectivity index (χ2n) is 4.29. The Hall–Kier alpha value is -0.830. The van der Waals surface area contributed by atoms with E-state index in [1.54, 1.807) is 0 Å². The zero-order chi connectivity index (χ0) is 10.4. The molecule has 1 aliphatic heterocycles. The molecule has 0 aromatic heterocycles. The van der Waals surface area contributed by atoms with Crippen LogP contribution in [-0.2, 0) is 4.79 Å². The summed E-state index contributed by atoms with van der Waals surface area (Å²) in [5.41, 5.74) is 1.04. The van der Waals surface area contributed by atoms with Crippen molar-refractivity contribution >= 4 is 27.5 Å². The normalized spacial score (nSPS) is 33.0. The van der Waals surface area contributed by atoms with Gasteiger partial charge in [0.05, 0.1) is 0 Å². The number of hydrogen-bond donors (Lipinski definition) is 0. The highest BCUT2D eigenvalue weighted by molar-refractivity contribution is 9.09. The van der Waals surface area contributed by atoms with Gasteiger partial charge in [-0.2, -0.15) is 0 Å². The minimum atomic E-state index is 0.296. The Balaban J connectivity index is 1.81. The number of carbonyl (C=O) groups excluding carboxylic acids is 1. The first kappa shape index (κ1) is 9.40. The number of amides is 1. The fraction of sp³-hybridized carbons (Fsp3) is 0.417.